The summed E-state index contributed by atoms with van der Waals surface area (Å²) in [5.41, 5.74) is 0.777. The molecule has 1 amide bonds. The molecule has 0 spiro atoms. The summed E-state index contributed by atoms with van der Waals surface area (Å²) in [5, 5.41) is 24.0. The standard InChI is InChI=1S/C26H22N2O6/c29-24(17-10-12-18(13-11-17)28(32)33)22-23(21-9-3-6-16-5-1-2-8-20(16)21)27(26(31)25(22)30)15-19-7-4-14-34-19/h1-3,5-6,8-13,19,23,29H,4,7,14-15H2/b24-22-. The monoisotopic (exact) mass is 458 g/mol. The second-order valence-corrected chi connectivity index (χ2v) is 8.46. The Morgan fingerprint density at radius 3 is 2.50 bits per heavy atom. The fourth-order valence-corrected chi connectivity index (χ4v) is 4.78. The van der Waals surface area contributed by atoms with Gasteiger partial charge in [-0.2, -0.15) is 0 Å². The number of rotatable bonds is 5. The minimum absolute atomic E-state index is 0.0341. The number of ketones is 1. The molecule has 3 aromatic carbocycles. The lowest BCUT2D eigenvalue weighted by atomic mass is 9.91. The Hall–Kier alpha value is -4.04. The topological polar surface area (TPSA) is 110 Å². The highest BCUT2D eigenvalue weighted by Gasteiger charge is 2.47. The molecule has 2 saturated heterocycles. The molecule has 0 radical (unpaired) electrons. The van der Waals surface area contributed by atoms with Crippen LogP contribution >= 0.6 is 0 Å². The Bertz CT molecular complexity index is 1320. The Kier molecular flexibility index (Phi) is 5.59. The van der Waals surface area contributed by atoms with Gasteiger partial charge in [0.25, 0.3) is 17.4 Å². The van der Waals surface area contributed by atoms with Crippen molar-refractivity contribution in [2.75, 3.05) is 13.2 Å². The van der Waals surface area contributed by atoms with Gasteiger partial charge in [0.05, 0.1) is 22.6 Å². The summed E-state index contributed by atoms with van der Waals surface area (Å²) in [5.74, 6) is -1.84. The van der Waals surface area contributed by atoms with Gasteiger partial charge in [-0.05, 0) is 41.3 Å². The van der Waals surface area contributed by atoms with E-state index in [1.165, 1.54) is 29.2 Å². The number of carbonyl (C=O) groups is 2. The van der Waals surface area contributed by atoms with E-state index in [2.05, 4.69) is 0 Å². The zero-order valence-electron chi connectivity index (χ0n) is 18.2. The van der Waals surface area contributed by atoms with E-state index in [-0.39, 0.29) is 35.2 Å². The van der Waals surface area contributed by atoms with Crippen LogP contribution in [-0.4, -0.2) is 45.9 Å². The Labute approximate surface area is 195 Å². The van der Waals surface area contributed by atoms with E-state index in [9.17, 15) is 24.8 Å². The summed E-state index contributed by atoms with van der Waals surface area (Å²) in [6.45, 7) is 0.839. The number of amides is 1. The third kappa shape index (κ3) is 3.72. The van der Waals surface area contributed by atoms with Crippen molar-refractivity contribution in [1.29, 1.82) is 0 Å². The van der Waals surface area contributed by atoms with Crippen LogP contribution in [0, 0.1) is 10.1 Å². The number of fused-ring (bicyclic) bond motifs is 1. The van der Waals surface area contributed by atoms with Crippen LogP contribution < -0.4 is 0 Å². The second-order valence-electron chi connectivity index (χ2n) is 8.46. The van der Waals surface area contributed by atoms with Gasteiger partial charge >= 0.3 is 0 Å². The lowest BCUT2D eigenvalue weighted by Gasteiger charge is -2.28. The summed E-state index contributed by atoms with van der Waals surface area (Å²) in [6.07, 6.45) is 1.49. The van der Waals surface area contributed by atoms with Gasteiger partial charge in [-0.3, -0.25) is 19.7 Å². The number of Topliss-reactive ketones (excluding diaryl/α,β-unsaturated/α-hetero) is 1. The van der Waals surface area contributed by atoms with E-state index in [4.69, 9.17) is 4.74 Å². The number of aliphatic hydroxyl groups is 1. The molecule has 0 aromatic heterocycles. The highest BCUT2D eigenvalue weighted by Crippen LogP contribution is 2.42. The third-order valence-electron chi connectivity index (χ3n) is 6.43. The number of aliphatic hydroxyl groups excluding tert-OH is 1. The van der Waals surface area contributed by atoms with E-state index >= 15 is 0 Å². The van der Waals surface area contributed by atoms with Crippen LogP contribution in [0.1, 0.15) is 30.0 Å². The van der Waals surface area contributed by atoms with Crippen LogP contribution in [0.15, 0.2) is 72.3 Å². The van der Waals surface area contributed by atoms with E-state index in [1.54, 1.807) is 0 Å². The number of non-ortho nitro benzene ring substituents is 1. The minimum atomic E-state index is -0.814. The average Bonchev–Trinajstić information content (AvgIpc) is 3.46. The number of likely N-dealkylation sites (tertiary alicyclic amines) is 1. The maximum atomic E-state index is 13.2. The molecule has 2 aliphatic rings. The van der Waals surface area contributed by atoms with Crippen molar-refractivity contribution in [2.45, 2.75) is 25.0 Å². The number of nitrogens with zero attached hydrogens (tertiary/aromatic N) is 2. The van der Waals surface area contributed by atoms with Crippen molar-refractivity contribution >= 4 is 33.9 Å². The third-order valence-corrected chi connectivity index (χ3v) is 6.43. The van der Waals surface area contributed by atoms with Crippen molar-refractivity contribution in [3.63, 3.8) is 0 Å². The highest BCUT2D eigenvalue weighted by molar-refractivity contribution is 6.46. The van der Waals surface area contributed by atoms with Crippen LogP contribution in [0.25, 0.3) is 16.5 Å². The number of nitro groups is 1. The van der Waals surface area contributed by atoms with Crippen LogP contribution in [0.4, 0.5) is 5.69 Å². The number of hydrogen-bond donors (Lipinski definition) is 1. The molecular formula is C26H22N2O6. The smallest absolute Gasteiger partial charge is 0.295 e. The van der Waals surface area contributed by atoms with Gasteiger partial charge in [-0.25, -0.2) is 0 Å². The van der Waals surface area contributed by atoms with Crippen LogP contribution in [0.2, 0.25) is 0 Å². The fraction of sp³-hybridized carbons (Fsp3) is 0.231. The highest BCUT2D eigenvalue weighted by atomic mass is 16.6. The molecule has 8 nitrogen and oxygen atoms in total. The maximum Gasteiger partial charge on any atom is 0.295 e. The molecule has 0 bridgehead atoms. The largest absolute Gasteiger partial charge is 0.507 e. The molecule has 8 heteroatoms. The van der Waals surface area contributed by atoms with Gasteiger partial charge in [0.1, 0.15) is 5.76 Å². The van der Waals surface area contributed by atoms with E-state index in [1.807, 2.05) is 42.5 Å². The molecule has 0 aliphatic carbocycles. The number of carbonyl (C=O) groups excluding carboxylic acids is 2. The van der Waals surface area contributed by atoms with E-state index < -0.39 is 22.7 Å². The van der Waals surface area contributed by atoms with Crippen molar-refractivity contribution in [3.8, 4) is 0 Å². The Morgan fingerprint density at radius 1 is 1.06 bits per heavy atom. The van der Waals surface area contributed by atoms with Crippen LogP contribution in [0.5, 0.6) is 0 Å². The summed E-state index contributed by atoms with van der Waals surface area (Å²) in [4.78, 5) is 38.4. The maximum absolute atomic E-state index is 13.2. The first kappa shape index (κ1) is 21.8. The molecule has 3 aromatic rings. The van der Waals surface area contributed by atoms with Gasteiger partial charge in [0.15, 0.2) is 0 Å². The van der Waals surface area contributed by atoms with Crippen molar-refractivity contribution < 1.29 is 24.4 Å². The predicted octanol–water partition coefficient (Wildman–Crippen LogP) is 4.35. The minimum Gasteiger partial charge on any atom is -0.507 e. The van der Waals surface area contributed by atoms with Gasteiger partial charge < -0.3 is 14.7 Å². The number of ether oxygens (including phenoxy) is 1. The first-order valence-electron chi connectivity index (χ1n) is 11.1. The van der Waals surface area contributed by atoms with Crippen LogP contribution in [-0.2, 0) is 14.3 Å². The summed E-state index contributed by atoms with van der Waals surface area (Å²) in [6, 6.07) is 17.8. The summed E-state index contributed by atoms with van der Waals surface area (Å²) < 4.78 is 5.74. The summed E-state index contributed by atoms with van der Waals surface area (Å²) >= 11 is 0. The molecule has 34 heavy (non-hydrogen) atoms. The second kappa shape index (κ2) is 8.72. The summed E-state index contributed by atoms with van der Waals surface area (Å²) in [7, 11) is 0. The normalized spacial score (nSPS) is 21.9. The molecule has 2 heterocycles. The predicted molar refractivity (Wildman–Crippen MR) is 125 cm³/mol. The fourth-order valence-electron chi connectivity index (χ4n) is 4.78. The molecular weight excluding hydrogens is 436 g/mol. The zero-order valence-corrected chi connectivity index (χ0v) is 18.2. The molecule has 5 rings (SSSR count). The average molecular weight is 458 g/mol. The molecule has 2 unspecified atom stereocenters. The quantitative estimate of drug-likeness (QED) is 0.200. The molecule has 2 aliphatic heterocycles. The SMILES string of the molecule is O=C1C(=O)N(CC2CCCO2)C(c2cccc3ccccc23)/C1=C(/O)c1ccc([N+](=O)[O-])cc1. The van der Waals surface area contributed by atoms with E-state index in [0.29, 0.717) is 6.61 Å². The molecule has 2 atom stereocenters. The lowest BCUT2D eigenvalue weighted by Crippen LogP contribution is -2.36. The first-order chi connectivity index (χ1) is 16.5. The first-order valence-corrected chi connectivity index (χ1v) is 11.1. The number of nitro benzene ring substituents is 1. The number of benzene rings is 3. The van der Waals surface area contributed by atoms with E-state index in [0.717, 1.165) is 29.2 Å². The van der Waals surface area contributed by atoms with Gasteiger partial charge in [-0.1, -0.05) is 42.5 Å². The van der Waals surface area contributed by atoms with Gasteiger partial charge in [-0.15, -0.1) is 0 Å². The molecule has 0 saturated carbocycles. The zero-order chi connectivity index (χ0) is 23.8. The molecule has 2 fully saturated rings. The van der Waals surface area contributed by atoms with Crippen molar-refractivity contribution in [3.05, 3.63) is 93.5 Å². The Balaban J connectivity index is 1.68. The van der Waals surface area contributed by atoms with Gasteiger partial charge in [0, 0.05) is 30.8 Å². The van der Waals surface area contributed by atoms with Crippen molar-refractivity contribution in [2.24, 2.45) is 0 Å². The number of hydrogen-bond acceptors (Lipinski definition) is 6. The Morgan fingerprint density at radius 2 is 1.79 bits per heavy atom. The molecule has 1 N–H and O–H groups in total. The van der Waals surface area contributed by atoms with Crippen LogP contribution in [0.3, 0.4) is 0 Å². The van der Waals surface area contributed by atoms with Gasteiger partial charge in [0.2, 0.25) is 0 Å². The van der Waals surface area contributed by atoms with Crippen molar-refractivity contribution in [1.82, 2.24) is 4.90 Å². The lowest BCUT2D eigenvalue weighted by molar-refractivity contribution is -0.384. The molecule has 172 valence electrons.